The molecule has 1 amide bonds. The Hall–Kier alpha value is -1.55. The molecule has 3 rings (SSSR count). The summed E-state index contributed by atoms with van der Waals surface area (Å²) in [5, 5.41) is 3.38. The Balaban J connectivity index is 1.43. The van der Waals surface area contributed by atoms with Gasteiger partial charge in [0.2, 0.25) is 5.91 Å². The molecule has 2 aliphatic rings. The standard InChI is InChI=1S/C18H26N2O2/c1-14-3-5-15(6-4-14)22-12-11-20(2)17(21)16-13-18(16)7-9-19-10-8-18/h3-6,16,19H,7-13H2,1-2H3/t16-/m0/s1. The third kappa shape index (κ3) is 3.27. The lowest BCUT2D eigenvalue weighted by Crippen LogP contribution is -2.36. The summed E-state index contributed by atoms with van der Waals surface area (Å²) in [6.07, 6.45) is 3.38. The molecule has 1 saturated carbocycles. The third-order valence-electron chi connectivity index (χ3n) is 5.18. The Morgan fingerprint density at radius 1 is 1.32 bits per heavy atom. The van der Waals surface area contributed by atoms with Crippen LogP contribution in [0.3, 0.4) is 0 Å². The molecule has 0 radical (unpaired) electrons. The smallest absolute Gasteiger partial charge is 0.226 e. The minimum absolute atomic E-state index is 0.249. The molecule has 1 spiro atoms. The van der Waals surface area contributed by atoms with E-state index in [0.717, 1.165) is 38.1 Å². The Morgan fingerprint density at radius 2 is 2.00 bits per heavy atom. The van der Waals surface area contributed by atoms with Gasteiger partial charge in [0.05, 0.1) is 6.54 Å². The largest absolute Gasteiger partial charge is 0.492 e. The highest BCUT2D eigenvalue weighted by molar-refractivity contribution is 5.82. The van der Waals surface area contributed by atoms with Crippen molar-refractivity contribution in [3.63, 3.8) is 0 Å². The van der Waals surface area contributed by atoms with Crippen LogP contribution in [0.25, 0.3) is 0 Å². The second kappa shape index (κ2) is 6.29. The Kier molecular flexibility index (Phi) is 4.39. The van der Waals surface area contributed by atoms with Crippen LogP contribution in [0.2, 0.25) is 0 Å². The zero-order chi connectivity index (χ0) is 15.6. The quantitative estimate of drug-likeness (QED) is 0.907. The van der Waals surface area contributed by atoms with E-state index in [1.807, 2.05) is 36.2 Å². The van der Waals surface area contributed by atoms with Crippen molar-refractivity contribution in [2.45, 2.75) is 26.2 Å². The number of ether oxygens (including phenoxy) is 1. The van der Waals surface area contributed by atoms with Crippen molar-refractivity contribution in [1.82, 2.24) is 10.2 Å². The highest BCUT2D eigenvalue weighted by Gasteiger charge is 2.58. The molecule has 1 saturated heterocycles. The first-order chi connectivity index (χ1) is 10.6. The van der Waals surface area contributed by atoms with E-state index in [4.69, 9.17) is 4.74 Å². The molecule has 1 aromatic carbocycles. The molecule has 4 heteroatoms. The van der Waals surface area contributed by atoms with Crippen LogP contribution in [0.4, 0.5) is 0 Å². The molecule has 22 heavy (non-hydrogen) atoms. The number of aryl methyl sites for hydroxylation is 1. The van der Waals surface area contributed by atoms with Crippen LogP contribution >= 0.6 is 0 Å². The van der Waals surface area contributed by atoms with Gasteiger partial charge in [0.15, 0.2) is 0 Å². The number of piperidine rings is 1. The summed E-state index contributed by atoms with van der Waals surface area (Å²) in [5.74, 6) is 1.42. The van der Waals surface area contributed by atoms with E-state index in [-0.39, 0.29) is 5.92 Å². The molecule has 4 nitrogen and oxygen atoms in total. The first kappa shape index (κ1) is 15.3. The molecule has 1 heterocycles. The van der Waals surface area contributed by atoms with E-state index in [2.05, 4.69) is 12.2 Å². The van der Waals surface area contributed by atoms with Crippen molar-refractivity contribution in [1.29, 1.82) is 0 Å². The molecule has 1 aliphatic heterocycles. The fraction of sp³-hybridized carbons (Fsp3) is 0.611. The van der Waals surface area contributed by atoms with Crippen molar-refractivity contribution in [2.75, 3.05) is 33.3 Å². The van der Waals surface area contributed by atoms with Gasteiger partial charge in [-0.25, -0.2) is 0 Å². The predicted octanol–water partition coefficient (Wildman–Crippen LogP) is 2.22. The first-order valence-electron chi connectivity index (χ1n) is 8.26. The van der Waals surface area contributed by atoms with Crippen LogP contribution in [0.1, 0.15) is 24.8 Å². The molecule has 0 unspecified atom stereocenters. The van der Waals surface area contributed by atoms with E-state index in [1.54, 1.807) is 0 Å². The monoisotopic (exact) mass is 302 g/mol. The number of amides is 1. The average Bonchev–Trinajstić information content (AvgIpc) is 3.22. The second-order valence-corrected chi connectivity index (χ2v) is 6.79. The summed E-state index contributed by atoms with van der Waals surface area (Å²) in [6, 6.07) is 8.02. The van der Waals surface area contributed by atoms with Crippen molar-refractivity contribution in [3.8, 4) is 5.75 Å². The second-order valence-electron chi connectivity index (χ2n) is 6.79. The third-order valence-corrected chi connectivity index (χ3v) is 5.18. The van der Waals surface area contributed by atoms with Crippen LogP contribution in [-0.4, -0.2) is 44.1 Å². The number of rotatable bonds is 5. The first-order valence-corrected chi connectivity index (χ1v) is 8.26. The summed E-state index contributed by atoms with van der Waals surface area (Å²) < 4.78 is 5.72. The van der Waals surface area contributed by atoms with Gasteiger partial charge in [-0.15, -0.1) is 0 Å². The molecular weight excluding hydrogens is 276 g/mol. The van der Waals surface area contributed by atoms with Crippen LogP contribution in [0, 0.1) is 18.3 Å². The van der Waals surface area contributed by atoms with E-state index < -0.39 is 0 Å². The minimum Gasteiger partial charge on any atom is -0.492 e. The lowest BCUT2D eigenvalue weighted by atomic mass is 9.91. The molecule has 2 fully saturated rings. The van der Waals surface area contributed by atoms with Gasteiger partial charge in [0.25, 0.3) is 0 Å². The molecule has 1 aromatic rings. The van der Waals surface area contributed by atoms with E-state index in [0.29, 0.717) is 24.5 Å². The van der Waals surface area contributed by atoms with Crippen LogP contribution < -0.4 is 10.1 Å². The minimum atomic E-state index is 0.249. The number of likely N-dealkylation sites (N-methyl/N-ethyl adjacent to an activating group) is 1. The lowest BCUT2D eigenvalue weighted by molar-refractivity contribution is -0.132. The average molecular weight is 302 g/mol. The fourth-order valence-electron chi connectivity index (χ4n) is 3.49. The topological polar surface area (TPSA) is 41.6 Å². The maximum Gasteiger partial charge on any atom is 0.226 e. The van der Waals surface area contributed by atoms with Gasteiger partial charge >= 0.3 is 0 Å². The highest BCUT2D eigenvalue weighted by atomic mass is 16.5. The molecular formula is C18H26N2O2. The molecule has 1 atom stereocenters. The SMILES string of the molecule is Cc1ccc(OCCN(C)C(=O)[C@@H]2CC23CCNCC3)cc1. The van der Waals surface area contributed by atoms with Crippen molar-refractivity contribution in [3.05, 3.63) is 29.8 Å². The number of benzene rings is 1. The summed E-state index contributed by atoms with van der Waals surface area (Å²) in [6.45, 7) is 5.38. The van der Waals surface area contributed by atoms with Crippen molar-refractivity contribution >= 4 is 5.91 Å². The normalized spacial score (nSPS) is 22.4. The van der Waals surface area contributed by atoms with E-state index >= 15 is 0 Å². The summed E-state index contributed by atoms with van der Waals surface area (Å²) in [4.78, 5) is 14.4. The summed E-state index contributed by atoms with van der Waals surface area (Å²) in [7, 11) is 1.90. The van der Waals surface area contributed by atoms with Crippen LogP contribution in [0.15, 0.2) is 24.3 Å². The molecule has 0 bridgehead atoms. The number of hydrogen-bond donors (Lipinski definition) is 1. The van der Waals surface area contributed by atoms with Gasteiger partial charge in [-0.2, -0.15) is 0 Å². The van der Waals surface area contributed by atoms with Crippen molar-refractivity contribution < 1.29 is 9.53 Å². The number of carbonyl (C=O) groups is 1. The lowest BCUT2D eigenvalue weighted by Gasteiger charge is -2.25. The number of nitrogens with one attached hydrogen (secondary N) is 1. The van der Waals surface area contributed by atoms with Gasteiger partial charge in [0, 0.05) is 13.0 Å². The van der Waals surface area contributed by atoms with Gasteiger partial charge < -0.3 is 15.0 Å². The number of carbonyl (C=O) groups excluding carboxylic acids is 1. The highest BCUT2D eigenvalue weighted by Crippen LogP contribution is 2.59. The van der Waals surface area contributed by atoms with E-state index in [9.17, 15) is 4.79 Å². The molecule has 0 aromatic heterocycles. The van der Waals surface area contributed by atoms with Crippen molar-refractivity contribution in [2.24, 2.45) is 11.3 Å². The summed E-state index contributed by atoms with van der Waals surface area (Å²) >= 11 is 0. The molecule has 1 N–H and O–H groups in total. The fourth-order valence-corrected chi connectivity index (χ4v) is 3.49. The maximum atomic E-state index is 12.5. The van der Waals surface area contributed by atoms with Crippen LogP contribution in [-0.2, 0) is 4.79 Å². The molecule has 1 aliphatic carbocycles. The zero-order valence-electron chi connectivity index (χ0n) is 13.6. The van der Waals surface area contributed by atoms with Crippen LogP contribution in [0.5, 0.6) is 5.75 Å². The van der Waals surface area contributed by atoms with Gasteiger partial charge in [-0.1, -0.05) is 17.7 Å². The predicted molar refractivity (Wildman–Crippen MR) is 87.0 cm³/mol. The molecule has 120 valence electrons. The van der Waals surface area contributed by atoms with Gasteiger partial charge in [-0.05, 0) is 56.8 Å². The summed E-state index contributed by atoms with van der Waals surface area (Å²) in [5.41, 5.74) is 1.54. The maximum absolute atomic E-state index is 12.5. The Bertz CT molecular complexity index is 520. The Morgan fingerprint density at radius 3 is 2.68 bits per heavy atom. The van der Waals surface area contributed by atoms with E-state index in [1.165, 1.54) is 5.56 Å². The van der Waals surface area contributed by atoms with Gasteiger partial charge in [0.1, 0.15) is 12.4 Å². The zero-order valence-corrected chi connectivity index (χ0v) is 13.6. The number of hydrogen-bond acceptors (Lipinski definition) is 3. The van der Waals surface area contributed by atoms with Gasteiger partial charge in [-0.3, -0.25) is 4.79 Å². The number of nitrogens with zero attached hydrogens (tertiary/aromatic N) is 1. The Labute approximate surface area is 132 Å².